The number of hydrogen-bond acceptors (Lipinski definition) is 4. The molecule has 0 aliphatic carbocycles. The fraction of sp³-hybridized carbons (Fsp3) is 0.278. The van der Waals surface area contributed by atoms with E-state index in [1.54, 1.807) is 18.2 Å². The Hall–Kier alpha value is -2.69. The van der Waals surface area contributed by atoms with Gasteiger partial charge in [-0.05, 0) is 30.7 Å². The lowest BCUT2D eigenvalue weighted by Crippen LogP contribution is -2.28. The van der Waals surface area contributed by atoms with Gasteiger partial charge < -0.3 is 20.1 Å². The van der Waals surface area contributed by atoms with Gasteiger partial charge in [-0.25, -0.2) is 0 Å². The van der Waals surface area contributed by atoms with Gasteiger partial charge in [-0.2, -0.15) is 0 Å². The first-order valence-corrected chi connectivity index (χ1v) is 7.54. The van der Waals surface area contributed by atoms with Gasteiger partial charge in [0.1, 0.15) is 0 Å². The lowest BCUT2D eigenvalue weighted by molar-refractivity contribution is 0.0950. The van der Waals surface area contributed by atoms with Crippen molar-refractivity contribution in [3.8, 4) is 11.5 Å². The van der Waals surface area contributed by atoms with E-state index < -0.39 is 0 Å². The first-order valence-electron chi connectivity index (χ1n) is 7.54. The van der Waals surface area contributed by atoms with Crippen LogP contribution in [0, 0.1) is 0 Å². The quantitative estimate of drug-likeness (QED) is 0.771. The van der Waals surface area contributed by atoms with E-state index in [0.29, 0.717) is 12.3 Å². The molecule has 1 amide bonds. The predicted octanol–water partition coefficient (Wildman–Crippen LogP) is 2.66. The van der Waals surface area contributed by atoms with E-state index in [1.165, 1.54) is 7.11 Å². The normalized spacial score (nSPS) is 10.2. The topological polar surface area (TPSA) is 61.8 Å². The largest absolute Gasteiger partial charge is 0.504 e. The smallest absolute Gasteiger partial charge is 0.255 e. The van der Waals surface area contributed by atoms with Crippen LogP contribution in [0.1, 0.15) is 16.8 Å². The van der Waals surface area contributed by atoms with E-state index in [2.05, 4.69) is 10.2 Å². The summed E-state index contributed by atoms with van der Waals surface area (Å²) in [7, 11) is 3.47. The van der Waals surface area contributed by atoms with Crippen LogP contribution in [0.25, 0.3) is 0 Å². The maximum Gasteiger partial charge on any atom is 0.255 e. The van der Waals surface area contributed by atoms with Crippen LogP contribution in [0.2, 0.25) is 0 Å². The van der Waals surface area contributed by atoms with Crippen molar-refractivity contribution in [2.45, 2.75) is 6.42 Å². The molecule has 5 heteroatoms. The van der Waals surface area contributed by atoms with Crippen molar-refractivity contribution in [3.63, 3.8) is 0 Å². The molecule has 2 N–H and O–H groups in total. The second-order valence-electron chi connectivity index (χ2n) is 5.22. The Labute approximate surface area is 136 Å². The summed E-state index contributed by atoms with van der Waals surface area (Å²) >= 11 is 0. The predicted molar refractivity (Wildman–Crippen MR) is 91.3 cm³/mol. The number of nitrogens with one attached hydrogen (secondary N) is 1. The second-order valence-corrected chi connectivity index (χ2v) is 5.22. The number of amides is 1. The molecule has 0 aliphatic rings. The van der Waals surface area contributed by atoms with Crippen LogP contribution in [0.5, 0.6) is 11.5 Å². The van der Waals surface area contributed by atoms with Crippen molar-refractivity contribution in [2.24, 2.45) is 0 Å². The van der Waals surface area contributed by atoms with Crippen molar-refractivity contribution in [3.05, 3.63) is 54.1 Å². The number of methoxy groups -OCH3 is 1. The molecular formula is C18H22N2O3. The molecule has 5 nitrogen and oxygen atoms in total. The third kappa shape index (κ3) is 4.39. The number of hydrogen-bond donors (Lipinski definition) is 2. The summed E-state index contributed by atoms with van der Waals surface area (Å²) in [6.07, 6.45) is 0.807. The third-order valence-electron chi connectivity index (χ3n) is 3.62. The highest BCUT2D eigenvalue weighted by atomic mass is 16.5. The number of anilines is 1. The van der Waals surface area contributed by atoms with E-state index >= 15 is 0 Å². The van der Waals surface area contributed by atoms with Crippen molar-refractivity contribution in [1.82, 2.24) is 5.32 Å². The average molecular weight is 314 g/mol. The summed E-state index contributed by atoms with van der Waals surface area (Å²) in [6, 6.07) is 14.9. The summed E-state index contributed by atoms with van der Waals surface area (Å²) in [5, 5.41) is 12.8. The Balaban J connectivity index is 1.81. The molecule has 0 aliphatic heterocycles. The molecule has 0 fully saturated rings. The molecule has 2 aromatic rings. The molecule has 0 unspecified atom stereocenters. The fourth-order valence-corrected chi connectivity index (χ4v) is 2.30. The highest BCUT2D eigenvalue weighted by Crippen LogP contribution is 2.29. The number of carbonyl (C=O) groups excluding carboxylic acids is 1. The van der Waals surface area contributed by atoms with Gasteiger partial charge in [-0.15, -0.1) is 0 Å². The highest BCUT2D eigenvalue weighted by molar-refractivity contribution is 5.97. The van der Waals surface area contributed by atoms with Crippen LogP contribution in [0.15, 0.2) is 48.5 Å². The van der Waals surface area contributed by atoms with Crippen molar-refractivity contribution in [2.75, 3.05) is 32.1 Å². The van der Waals surface area contributed by atoms with Crippen LogP contribution in [-0.2, 0) is 0 Å². The zero-order valence-corrected chi connectivity index (χ0v) is 13.5. The highest BCUT2D eigenvalue weighted by Gasteiger charge is 2.14. The van der Waals surface area contributed by atoms with Gasteiger partial charge in [0.2, 0.25) is 0 Å². The van der Waals surface area contributed by atoms with E-state index in [0.717, 1.165) is 18.7 Å². The van der Waals surface area contributed by atoms with E-state index in [4.69, 9.17) is 4.74 Å². The van der Waals surface area contributed by atoms with Crippen molar-refractivity contribution in [1.29, 1.82) is 0 Å². The Morgan fingerprint density at radius 1 is 1.17 bits per heavy atom. The summed E-state index contributed by atoms with van der Waals surface area (Å²) in [5.41, 5.74) is 1.37. The second kappa shape index (κ2) is 8.08. The molecule has 0 spiro atoms. The van der Waals surface area contributed by atoms with Gasteiger partial charge in [0.05, 0.1) is 12.7 Å². The zero-order chi connectivity index (χ0) is 16.7. The average Bonchev–Trinajstić information content (AvgIpc) is 2.59. The number of benzene rings is 2. The van der Waals surface area contributed by atoms with E-state index in [9.17, 15) is 9.90 Å². The minimum absolute atomic E-state index is 0.131. The Bertz CT molecular complexity index is 644. The summed E-state index contributed by atoms with van der Waals surface area (Å²) in [4.78, 5) is 14.2. The SMILES string of the molecule is COc1cccc(C(=O)NCCCN(C)c2ccccc2)c1O. The monoisotopic (exact) mass is 314 g/mol. The molecule has 23 heavy (non-hydrogen) atoms. The first kappa shape index (κ1) is 16.7. The van der Waals surface area contributed by atoms with Gasteiger partial charge in [-0.1, -0.05) is 24.3 Å². The number of phenols is 1. The molecule has 0 bridgehead atoms. The molecule has 2 rings (SSSR count). The maximum absolute atomic E-state index is 12.1. The van der Waals surface area contributed by atoms with Crippen LogP contribution in [0.3, 0.4) is 0 Å². The van der Waals surface area contributed by atoms with E-state index in [-0.39, 0.29) is 17.2 Å². The molecule has 0 heterocycles. The van der Waals surface area contributed by atoms with Crippen LogP contribution in [-0.4, -0.2) is 38.3 Å². The number of aromatic hydroxyl groups is 1. The number of rotatable bonds is 7. The third-order valence-corrected chi connectivity index (χ3v) is 3.62. The van der Waals surface area contributed by atoms with Crippen LogP contribution < -0.4 is 15.0 Å². The number of para-hydroxylation sites is 2. The lowest BCUT2D eigenvalue weighted by Gasteiger charge is -2.19. The summed E-state index contributed by atoms with van der Waals surface area (Å²) in [5.74, 6) is -0.140. The summed E-state index contributed by atoms with van der Waals surface area (Å²) < 4.78 is 5.01. The number of carbonyl (C=O) groups is 1. The Morgan fingerprint density at radius 3 is 2.61 bits per heavy atom. The van der Waals surface area contributed by atoms with Crippen LogP contribution in [0.4, 0.5) is 5.69 Å². The minimum Gasteiger partial charge on any atom is -0.504 e. The first-order chi connectivity index (χ1) is 11.1. The fourth-order valence-electron chi connectivity index (χ4n) is 2.30. The molecule has 122 valence electrons. The standard InChI is InChI=1S/C18H22N2O3/c1-20(14-8-4-3-5-9-14)13-7-12-19-18(22)15-10-6-11-16(23-2)17(15)21/h3-6,8-11,21H,7,12-13H2,1-2H3,(H,19,22). The summed E-state index contributed by atoms with van der Waals surface area (Å²) in [6.45, 7) is 1.36. The lowest BCUT2D eigenvalue weighted by atomic mass is 10.1. The Kier molecular flexibility index (Phi) is 5.86. The van der Waals surface area contributed by atoms with Gasteiger partial charge in [0.15, 0.2) is 11.5 Å². The molecule has 0 saturated carbocycles. The molecular weight excluding hydrogens is 292 g/mol. The maximum atomic E-state index is 12.1. The van der Waals surface area contributed by atoms with Crippen LogP contribution >= 0.6 is 0 Å². The zero-order valence-electron chi connectivity index (χ0n) is 13.5. The number of nitrogens with zero attached hydrogens (tertiary/aromatic N) is 1. The number of ether oxygens (including phenoxy) is 1. The molecule has 0 atom stereocenters. The van der Waals surface area contributed by atoms with Crippen molar-refractivity contribution >= 4 is 11.6 Å². The van der Waals surface area contributed by atoms with Gasteiger partial charge in [-0.3, -0.25) is 4.79 Å². The van der Waals surface area contributed by atoms with Gasteiger partial charge in [0, 0.05) is 25.8 Å². The van der Waals surface area contributed by atoms with E-state index in [1.807, 2.05) is 37.4 Å². The molecule has 0 aromatic heterocycles. The molecule has 2 aromatic carbocycles. The van der Waals surface area contributed by atoms with Gasteiger partial charge in [0.25, 0.3) is 5.91 Å². The molecule has 0 radical (unpaired) electrons. The van der Waals surface area contributed by atoms with Crippen molar-refractivity contribution < 1.29 is 14.6 Å². The Morgan fingerprint density at radius 2 is 1.91 bits per heavy atom. The number of phenolic OH excluding ortho intramolecular Hbond substituents is 1. The minimum atomic E-state index is -0.302. The molecule has 0 saturated heterocycles. The van der Waals surface area contributed by atoms with Gasteiger partial charge >= 0.3 is 0 Å².